The molecule has 2 N–H and O–H groups in total. The molecule has 3 aromatic rings. The number of halogens is 3. The average Bonchev–Trinajstić information content (AvgIpc) is 2.77. The molecule has 7 heteroatoms. The highest BCUT2D eigenvalue weighted by molar-refractivity contribution is 6.10. The van der Waals surface area contributed by atoms with Crippen LogP contribution in [-0.2, 0) is 19.1 Å². The monoisotopic (exact) mass is 424 g/mol. The molecule has 0 aliphatic carbocycles. The van der Waals surface area contributed by atoms with E-state index in [1.165, 1.54) is 12.1 Å². The highest BCUT2D eigenvalue weighted by Crippen LogP contribution is 2.30. The van der Waals surface area contributed by atoms with Crippen LogP contribution >= 0.6 is 0 Å². The number of alkyl halides is 3. The fourth-order valence-electron chi connectivity index (χ4n) is 3.82. The first kappa shape index (κ1) is 20.7. The Morgan fingerprint density at radius 2 is 1.61 bits per heavy atom. The number of fused-ring (bicyclic) bond motifs is 1. The Morgan fingerprint density at radius 1 is 0.903 bits per heavy atom. The first-order chi connectivity index (χ1) is 14.7. The number of nitrogens with two attached hydrogens (primary N) is 1. The van der Waals surface area contributed by atoms with Gasteiger partial charge in [-0.05, 0) is 47.9 Å². The van der Waals surface area contributed by atoms with Crippen LogP contribution in [0.4, 0.5) is 18.9 Å². The van der Waals surface area contributed by atoms with Gasteiger partial charge in [0.05, 0.1) is 5.56 Å². The van der Waals surface area contributed by atoms with E-state index in [2.05, 4.69) is 0 Å². The Morgan fingerprint density at radius 3 is 2.29 bits per heavy atom. The quantitative estimate of drug-likeness (QED) is 0.489. The zero-order valence-corrected chi connectivity index (χ0v) is 16.4. The second-order valence-corrected chi connectivity index (χ2v) is 7.45. The zero-order chi connectivity index (χ0) is 22.2. The second kappa shape index (κ2) is 7.91. The van der Waals surface area contributed by atoms with Crippen molar-refractivity contribution in [3.8, 4) is 0 Å². The largest absolute Gasteiger partial charge is 0.416 e. The van der Waals surface area contributed by atoms with Crippen LogP contribution in [0.3, 0.4) is 0 Å². The van der Waals surface area contributed by atoms with Crippen LogP contribution in [0.5, 0.6) is 0 Å². The van der Waals surface area contributed by atoms with Crippen molar-refractivity contribution in [3.05, 3.63) is 100 Å². The lowest BCUT2D eigenvalue weighted by Gasteiger charge is -2.30. The first-order valence-corrected chi connectivity index (χ1v) is 9.71. The first-order valence-electron chi connectivity index (χ1n) is 9.71. The standard InChI is InChI=1S/C24H19F3N2O2/c25-24(26,27)18-9-7-15(8-10-18)22(30)21-6-2-4-17-14-29(12-11-20(17)21)23(31)16-3-1-5-19(28)13-16/h1-10,13H,11-12,14,28H2. The van der Waals surface area contributed by atoms with Gasteiger partial charge in [0.15, 0.2) is 5.78 Å². The number of carbonyl (C=O) groups is 2. The topological polar surface area (TPSA) is 63.4 Å². The van der Waals surface area contributed by atoms with E-state index in [1.807, 2.05) is 6.07 Å². The van der Waals surface area contributed by atoms with Crippen molar-refractivity contribution in [1.82, 2.24) is 4.90 Å². The smallest absolute Gasteiger partial charge is 0.399 e. The molecule has 0 saturated heterocycles. The maximum atomic E-state index is 13.0. The molecule has 0 fully saturated rings. The highest BCUT2D eigenvalue weighted by Gasteiger charge is 2.31. The number of benzene rings is 3. The fraction of sp³-hybridized carbons (Fsp3) is 0.167. The van der Waals surface area contributed by atoms with Gasteiger partial charge in [-0.25, -0.2) is 0 Å². The lowest BCUT2D eigenvalue weighted by Crippen LogP contribution is -2.36. The Hall–Kier alpha value is -3.61. The van der Waals surface area contributed by atoms with Crippen LogP contribution in [0.2, 0.25) is 0 Å². The number of hydrogen-bond donors (Lipinski definition) is 1. The summed E-state index contributed by atoms with van der Waals surface area (Å²) in [6, 6.07) is 16.2. The predicted octanol–water partition coefficient (Wildman–Crippen LogP) is 4.72. The molecule has 1 heterocycles. The van der Waals surface area contributed by atoms with Crippen LogP contribution in [-0.4, -0.2) is 23.1 Å². The zero-order valence-electron chi connectivity index (χ0n) is 16.4. The summed E-state index contributed by atoms with van der Waals surface area (Å²) in [5.74, 6) is -0.474. The molecule has 0 spiro atoms. The van der Waals surface area contributed by atoms with Crippen molar-refractivity contribution >= 4 is 17.4 Å². The van der Waals surface area contributed by atoms with Crippen LogP contribution in [0.15, 0.2) is 66.7 Å². The van der Waals surface area contributed by atoms with Gasteiger partial charge in [0.1, 0.15) is 0 Å². The van der Waals surface area contributed by atoms with Gasteiger partial charge in [0.2, 0.25) is 0 Å². The Balaban J connectivity index is 1.58. The fourth-order valence-corrected chi connectivity index (χ4v) is 3.82. The molecule has 0 radical (unpaired) electrons. The summed E-state index contributed by atoms with van der Waals surface area (Å²) in [5, 5.41) is 0. The molecule has 158 valence electrons. The minimum Gasteiger partial charge on any atom is -0.399 e. The summed E-state index contributed by atoms with van der Waals surface area (Å²) in [5.41, 5.74) is 8.30. The normalized spacial score (nSPS) is 13.6. The molecule has 0 atom stereocenters. The minimum atomic E-state index is -4.45. The summed E-state index contributed by atoms with van der Waals surface area (Å²) >= 11 is 0. The lowest BCUT2D eigenvalue weighted by atomic mass is 9.90. The number of nitrogens with zero attached hydrogens (tertiary/aromatic N) is 1. The SMILES string of the molecule is Nc1cccc(C(=O)N2CCc3c(cccc3C(=O)c3ccc(C(F)(F)F)cc3)C2)c1. The van der Waals surface area contributed by atoms with Gasteiger partial charge in [-0.2, -0.15) is 13.2 Å². The van der Waals surface area contributed by atoms with Crippen molar-refractivity contribution < 1.29 is 22.8 Å². The number of rotatable bonds is 3. The predicted molar refractivity (Wildman–Crippen MR) is 111 cm³/mol. The Labute approximate surface area is 177 Å². The molecular formula is C24H19F3N2O2. The molecule has 1 amide bonds. The third kappa shape index (κ3) is 4.17. The molecule has 1 aliphatic rings. The van der Waals surface area contributed by atoms with Crippen LogP contribution in [0.25, 0.3) is 0 Å². The molecular weight excluding hydrogens is 405 g/mol. The molecule has 1 aliphatic heterocycles. The third-order valence-electron chi connectivity index (χ3n) is 5.41. The number of nitrogen functional groups attached to an aromatic ring is 1. The van der Waals surface area contributed by atoms with Crippen molar-refractivity contribution in [3.63, 3.8) is 0 Å². The molecule has 0 unspecified atom stereocenters. The van der Waals surface area contributed by atoms with Gasteiger partial charge in [0.25, 0.3) is 5.91 Å². The van der Waals surface area contributed by atoms with Crippen molar-refractivity contribution in [2.24, 2.45) is 0 Å². The van der Waals surface area contributed by atoms with E-state index < -0.39 is 11.7 Å². The van der Waals surface area contributed by atoms with E-state index in [0.717, 1.165) is 23.3 Å². The van der Waals surface area contributed by atoms with Gasteiger partial charge in [-0.1, -0.05) is 36.4 Å². The maximum absolute atomic E-state index is 13.0. The van der Waals surface area contributed by atoms with E-state index in [-0.39, 0.29) is 17.3 Å². The van der Waals surface area contributed by atoms with Gasteiger partial charge in [-0.3, -0.25) is 9.59 Å². The van der Waals surface area contributed by atoms with Gasteiger partial charge >= 0.3 is 6.18 Å². The van der Waals surface area contributed by atoms with Crippen molar-refractivity contribution in [2.45, 2.75) is 19.1 Å². The molecule has 4 rings (SSSR count). The number of ketones is 1. The maximum Gasteiger partial charge on any atom is 0.416 e. The summed E-state index contributed by atoms with van der Waals surface area (Å²) in [7, 11) is 0. The van der Waals surface area contributed by atoms with Gasteiger partial charge in [-0.15, -0.1) is 0 Å². The third-order valence-corrected chi connectivity index (χ3v) is 5.41. The molecule has 3 aromatic carbocycles. The minimum absolute atomic E-state index is 0.141. The van der Waals surface area contributed by atoms with E-state index in [0.29, 0.717) is 36.3 Å². The van der Waals surface area contributed by atoms with Crippen molar-refractivity contribution in [2.75, 3.05) is 12.3 Å². The van der Waals surface area contributed by atoms with E-state index in [9.17, 15) is 22.8 Å². The molecule has 0 aromatic heterocycles. The summed E-state index contributed by atoms with van der Waals surface area (Å²) < 4.78 is 38.4. The van der Waals surface area contributed by atoms with E-state index in [1.54, 1.807) is 41.3 Å². The average molecular weight is 424 g/mol. The Kier molecular flexibility index (Phi) is 5.27. The van der Waals surface area contributed by atoms with E-state index >= 15 is 0 Å². The molecule has 31 heavy (non-hydrogen) atoms. The van der Waals surface area contributed by atoms with E-state index in [4.69, 9.17) is 5.73 Å². The van der Waals surface area contributed by atoms with Crippen LogP contribution in [0, 0.1) is 0 Å². The molecule has 0 bridgehead atoms. The number of amides is 1. The number of anilines is 1. The molecule has 0 saturated carbocycles. The Bertz CT molecular complexity index is 1150. The van der Waals surface area contributed by atoms with Crippen molar-refractivity contribution in [1.29, 1.82) is 0 Å². The summed E-state index contributed by atoms with van der Waals surface area (Å²) in [6.07, 6.45) is -3.97. The number of carbonyl (C=O) groups excluding carboxylic acids is 2. The van der Waals surface area contributed by atoms with Gasteiger partial charge < -0.3 is 10.6 Å². The second-order valence-electron chi connectivity index (χ2n) is 7.45. The number of hydrogen-bond acceptors (Lipinski definition) is 3. The lowest BCUT2D eigenvalue weighted by molar-refractivity contribution is -0.137. The summed E-state index contributed by atoms with van der Waals surface area (Å²) in [6.45, 7) is 0.773. The molecule has 4 nitrogen and oxygen atoms in total. The van der Waals surface area contributed by atoms with Crippen LogP contribution < -0.4 is 5.73 Å². The van der Waals surface area contributed by atoms with Gasteiger partial charge in [0, 0.05) is 35.5 Å². The highest BCUT2D eigenvalue weighted by atomic mass is 19.4. The van der Waals surface area contributed by atoms with Crippen LogP contribution in [0.1, 0.15) is 43.0 Å². The summed E-state index contributed by atoms with van der Waals surface area (Å²) in [4.78, 5) is 27.5.